The Balaban J connectivity index is 2.74. The number of carboxylic acids is 1. The number of rotatable bonds is 4. The minimum absolute atomic E-state index is 0.199. The Hall–Kier alpha value is -0.610. The minimum Gasteiger partial charge on any atom is -0.481 e. The van der Waals surface area contributed by atoms with Gasteiger partial charge in [0, 0.05) is 18.6 Å². The fraction of sp³-hybridized carbons (Fsp3) is 0.909. The van der Waals surface area contributed by atoms with Crippen molar-refractivity contribution in [2.75, 3.05) is 26.3 Å². The number of morpholine rings is 1. The van der Waals surface area contributed by atoms with Gasteiger partial charge in [0.25, 0.3) is 0 Å². The number of hydrogen-bond acceptors (Lipinski definition) is 3. The zero-order valence-electron chi connectivity index (χ0n) is 9.82. The highest BCUT2D eigenvalue weighted by Gasteiger charge is 2.37. The largest absolute Gasteiger partial charge is 0.481 e. The number of hydrogen-bond donors (Lipinski definition) is 1. The highest BCUT2D eigenvalue weighted by atomic mass is 16.5. The summed E-state index contributed by atoms with van der Waals surface area (Å²) in [4.78, 5) is 13.1. The number of nitrogens with zero attached hydrogens (tertiary/aromatic N) is 1. The van der Waals surface area contributed by atoms with Crippen LogP contribution < -0.4 is 0 Å². The van der Waals surface area contributed by atoms with Gasteiger partial charge in [-0.3, -0.25) is 9.69 Å². The SMILES string of the molecule is CC(C)C(C)(CC(=O)O)N1CCOCC1. The summed E-state index contributed by atoms with van der Waals surface area (Å²) in [5, 5.41) is 8.97. The summed E-state index contributed by atoms with van der Waals surface area (Å²) >= 11 is 0. The molecule has 0 aromatic heterocycles. The van der Waals surface area contributed by atoms with Crippen molar-refractivity contribution in [3.05, 3.63) is 0 Å². The third kappa shape index (κ3) is 2.92. The summed E-state index contributed by atoms with van der Waals surface area (Å²) in [7, 11) is 0. The van der Waals surface area contributed by atoms with Gasteiger partial charge in [-0.1, -0.05) is 13.8 Å². The molecule has 4 nitrogen and oxygen atoms in total. The van der Waals surface area contributed by atoms with Crippen LogP contribution >= 0.6 is 0 Å². The first-order chi connectivity index (χ1) is 6.97. The van der Waals surface area contributed by atoms with Crippen molar-refractivity contribution >= 4 is 5.97 Å². The smallest absolute Gasteiger partial charge is 0.305 e. The standard InChI is InChI=1S/C11H21NO3/c1-9(2)11(3,8-10(13)14)12-4-6-15-7-5-12/h9H,4-8H2,1-3H3,(H,13,14). The minimum atomic E-state index is -0.724. The van der Waals surface area contributed by atoms with Crippen molar-refractivity contribution in [3.63, 3.8) is 0 Å². The lowest BCUT2D eigenvalue weighted by molar-refractivity contribution is -0.142. The summed E-state index contributed by atoms with van der Waals surface area (Å²) < 4.78 is 5.29. The number of aliphatic carboxylic acids is 1. The molecule has 1 saturated heterocycles. The lowest BCUT2D eigenvalue weighted by Crippen LogP contribution is -2.55. The molecule has 0 saturated carbocycles. The van der Waals surface area contributed by atoms with E-state index in [1.165, 1.54) is 0 Å². The Morgan fingerprint density at radius 2 is 2.00 bits per heavy atom. The van der Waals surface area contributed by atoms with E-state index in [1.807, 2.05) is 6.92 Å². The van der Waals surface area contributed by atoms with Gasteiger partial charge in [-0.05, 0) is 12.8 Å². The Kier molecular flexibility index (Phi) is 4.11. The summed E-state index contributed by atoms with van der Waals surface area (Å²) in [5.74, 6) is -0.399. The molecule has 1 fully saturated rings. The molecule has 4 heteroatoms. The van der Waals surface area contributed by atoms with Gasteiger partial charge in [0.1, 0.15) is 0 Å². The molecule has 1 N–H and O–H groups in total. The van der Waals surface area contributed by atoms with Gasteiger partial charge >= 0.3 is 5.97 Å². The first-order valence-corrected chi connectivity index (χ1v) is 5.51. The Morgan fingerprint density at radius 1 is 1.47 bits per heavy atom. The van der Waals surface area contributed by atoms with Crippen LogP contribution in [-0.2, 0) is 9.53 Å². The Labute approximate surface area is 91.2 Å². The first-order valence-electron chi connectivity index (χ1n) is 5.51. The average Bonchev–Trinajstić information content (AvgIpc) is 2.17. The topological polar surface area (TPSA) is 49.8 Å². The summed E-state index contributed by atoms with van der Waals surface area (Å²) in [6.45, 7) is 9.29. The van der Waals surface area contributed by atoms with Crippen LogP contribution in [-0.4, -0.2) is 47.8 Å². The zero-order valence-corrected chi connectivity index (χ0v) is 9.82. The zero-order chi connectivity index (χ0) is 11.5. The van der Waals surface area contributed by atoms with Gasteiger partial charge < -0.3 is 9.84 Å². The molecule has 0 amide bonds. The third-order valence-corrected chi connectivity index (χ3v) is 3.49. The molecule has 0 bridgehead atoms. The number of carboxylic acid groups (broad SMARTS) is 1. The van der Waals surface area contributed by atoms with Gasteiger partial charge in [-0.2, -0.15) is 0 Å². The molecule has 0 aromatic carbocycles. The maximum Gasteiger partial charge on any atom is 0.305 e. The predicted molar refractivity (Wildman–Crippen MR) is 57.9 cm³/mol. The van der Waals surface area contributed by atoms with Gasteiger partial charge in [0.05, 0.1) is 19.6 Å². The van der Waals surface area contributed by atoms with E-state index < -0.39 is 5.97 Å². The molecule has 1 unspecified atom stereocenters. The molecule has 88 valence electrons. The molecule has 1 aliphatic rings. The van der Waals surface area contributed by atoms with Crippen LogP contribution in [0, 0.1) is 5.92 Å². The fourth-order valence-electron chi connectivity index (χ4n) is 2.06. The summed E-state index contributed by atoms with van der Waals surface area (Å²) in [6, 6.07) is 0. The van der Waals surface area contributed by atoms with E-state index in [4.69, 9.17) is 9.84 Å². The van der Waals surface area contributed by atoms with Crippen molar-refractivity contribution in [3.8, 4) is 0 Å². The lowest BCUT2D eigenvalue weighted by atomic mass is 9.83. The second-order valence-electron chi connectivity index (χ2n) is 4.68. The molecular weight excluding hydrogens is 194 g/mol. The van der Waals surface area contributed by atoms with Gasteiger partial charge in [0.15, 0.2) is 0 Å². The molecule has 0 aliphatic carbocycles. The lowest BCUT2D eigenvalue weighted by Gasteiger charge is -2.45. The van der Waals surface area contributed by atoms with Crippen LogP contribution in [0.2, 0.25) is 0 Å². The van der Waals surface area contributed by atoms with E-state index >= 15 is 0 Å². The second kappa shape index (κ2) is 4.94. The van der Waals surface area contributed by atoms with Gasteiger partial charge in [-0.15, -0.1) is 0 Å². The summed E-state index contributed by atoms with van der Waals surface area (Å²) in [5.41, 5.74) is -0.254. The van der Waals surface area contributed by atoms with Crippen molar-refractivity contribution in [2.24, 2.45) is 5.92 Å². The van der Waals surface area contributed by atoms with Gasteiger partial charge in [-0.25, -0.2) is 0 Å². The normalized spacial score (nSPS) is 22.7. The van der Waals surface area contributed by atoms with E-state index in [0.717, 1.165) is 13.1 Å². The summed E-state index contributed by atoms with van der Waals surface area (Å²) in [6.07, 6.45) is 0.199. The van der Waals surface area contributed by atoms with Crippen LogP contribution in [0.4, 0.5) is 0 Å². The first kappa shape index (κ1) is 12.5. The van der Waals surface area contributed by atoms with Crippen molar-refractivity contribution < 1.29 is 14.6 Å². The van der Waals surface area contributed by atoms with E-state index in [-0.39, 0.29) is 12.0 Å². The van der Waals surface area contributed by atoms with Crippen LogP contribution in [0.1, 0.15) is 27.2 Å². The van der Waals surface area contributed by atoms with Crippen LogP contribution in [0.3, 0.4) is 0 Å². The molecule has 0 aromatic rings. The Morgan fingerprint density at radius 3 is 2.40 bits per heavy atom. The van der Waals surface area contributed by atoms with E-state index in [2.05, 4.69) is 18.7 Å². The average molecular weight is 215 g/mol. The van der Waals surface area contributed by atoms with Crippen LogP contribution in [0.25, 0.3) is 0 Å². The van der Waals surface area contributed by atoms with Crippen molar-refractivity contribution in [2.45, 2.75) is 32.7 Å². The van der Waals surface area contributed by atoms with Crippen LogP contribution in [0.5, 0.6) is 0 Å². The second-order valence-corrected chi connectivity index (χ2v) is 4.68. The fourth-order valence-corrected chi connectivity index (χ4v) is 2.06. The number of carbonyl (C=O) groups is 1. The van der Waals surface area contributed by atoms with E-state index in [0.29, 0.717) is 19.1 Å². The molecule has 0 radical (unpaired) electrons. The monoisotopic (exact) mass is 215 g/mol. The maximum absolute atomic E-state index is 10.9. The highest BCUT2D eigenvalue weighted by Crippen LogP contribution is 2.29. The molecular formula is C11H21NO3. The third-order valence-electron chi connectivity index (χ3n) is 3.49. The van der Waals surface area contributed by atoms with Crippen molar-refractivity contribution in [1.29, 1.82) is 0 Å². The number of ether oxygens (including phenoxy) is 1. The van der Waals surface area contributed by atoms with E-state index in [1.54, 1.807) is 0 Å². The molecule has 15 heavy (non-hydrogen) atoms. The molecule has 1 aliphatic heterocycles. The predicted octanol–water partition coefficient (Wildman–Crippen LogP) is 1.21. The molecule has 1 atom stereocenters. The molecule has 1 rings (SSSR count). The highest BCUT2D eigenvalue weighted by molar-refractivity contribution is 5.68. The Bertz CT molecular complexity index is 224. The maximum atomic E-state index is 10.9. The van der Waals surface area contributed by atoms with Gasteiger partial charge in [0.2, 0.25) is 0 Å². The quantitative estimate of drug-likeness (QED) is 0.765. The molecule has 1 heterocycles. The van der Waals surface area contributed by atoms with Crippen molar-refractivity contribution in [1.82, 2.24) is 4.90 Å². The van der Waals surface area contributed by atoms with E-state index in [9.17, 15) is 4.79 Å². The molecule has 0 spiro atoms. The van der Waals surface area contributed by atoms with Crippen LogP contribution in [0.15, 0.2) is 0 Å².